The molecule has 0 aliphatic rings. The van der Waals surface area contributed by atoms with Crippen LogP contribution < -0.4 is 10.6 Å². The Morgan fingerprint density at radius 2 is 1.00 bits per heavy atom. The standard InChI is InChI=1S/C33H66NO8P/c1-3-5-7-9-11-13-15-17-19-21-23-25-32(35)39-29-31(30-41-43(37,38)40-28-27-34)42-33(36)26-24-22-20-18-16-14-12-10-8-6-4-2/h31H,3-30,34H2,1-2H3,(H,37,38)/p-1/t31-/m1/s1. The molecule has 0 radical (unpaired) electrons. The summed E-state index contributed by atoms with van der Waals surface area (Å²) in [5.74, 6) is -0.860. The fraction of sp³-hybridized carbons (Fsp3) is 0.939. The number of carbonyl (C=O) groups excluding carboxylic acids is 2. The van der Waals surface area contributed by atoms with E-state index in [4.69, 9.17) is 19.7 Å². The van der Waals surface area contributed by atoms with Crippen molar-refractivity contribution < 1.29 is 37.6 Å². The van der Waals surface area contributed by atoms with Crippen molar-refractivity contribution in [1.82, 2.24) is 0 Å². The van der Waals surface area contributed by atoms with Crippen LogP contribution in [0.3, 0.4) is 0 Å². The minimum Gasteiger partial charge on any atom is -0.756 e. The maximum atomic E-state index is 12.4. The van der Waals surface area contributed by atoms with Gasteiger partial charge < -0.3 is 29.1 Å². The van der Waals surface area contributed by atoms with Crippen LogP contribution in [0.25, 0.3) is 0 Å². The summed E-state index contributed by atoms with van der Waals surface area (Å²) in [6.07, 6.45) is 25.4. The van der Waals surface area contributed by atoms with Gasteiger partial charge in [0, 0.05) is 19.4 Å². The molecular weight excluding hydrogens is 569 g/mol. The summed E-state index contributed by atoms with van der Waals surface area (Å²) in [7, 11) is -4.60. The average molecular weight is 635 g/mol. The van der Waals surface area contributed by atoms with Gasteiger partial charge in [0.15, 0.2) is 6.10 Å². The molecule has 2 N–H and O–H groups in total. The number of hydrogen-bond acceptors (Lipinski definition) is 9. The zero-order chi connectivity index (χ0) is 31.9. The van der Waals surface area contributed by atoms with Crippen LogP contribution >= 0.6 is 7.82 Å². The number of phosphoric ester groups is 1. The van der Waals surface area contributed by atoms with Gasteiger partial charge >= 0.3 is 11.9 Å². The Labute approximate surface area is 263 Å². The summed E-state index contributed by atoms with van der Waals surface area (Å²) in [5.41, 5.74) is 5.29. The van der Waals surface area contributed by atoms with Gasteiger partial charge in [-0.15, -0.1) is 0 Å². The first-order valence-corrected chi connectivity index (χ1v) is 19.0. The van der Waals surface area contributed by atoms with Crippen LogP contribution in [0, 0.1) is 0 Å². The molecule has 9 nitrogen and oxygen atoms in total. The van der Waals surface area contributed by atoms with Crippen LogP contribution in [-0.2, 0) is 32.7 Å². The molecule has 0 aromatic rings. The first-order chi connectivity index (χ1) is 20.8. The number of unbranched alkanes of at least 4 members (excludes halogenated alkanes) is 20. The second kappa shape index (κ2) is 31.0. The highest BCUT2D eigenvalue weighted by Crippen LogP contribution is 2.38. The fourth-order valence-corrected chi connectivity index (χ4v) is 5.61. The molecule has 0 saturated carbocycles. The van der Waals surface area contributed by atoms with Crippen LogP contribution in [0.15, 0.2) is 0 Å². The van der Waals surface area contributed by atoms with Crippen molar-refractivity contribution in [2.45, 2.75) is 174 Å². The predicted octanol–water partition coefficient (Wildman–Crippen LogP) is 8.30. The van der Waals surface area contributed by atoms with Crippen molar-refractivity contribution >= 4 is 19.8 Å². The van der Waals surface area contributed by atoms with Gasteiger partial charge in [0.25, 0.3) is 7.82 Å². The van der Waals surface area contributed by atoms with Crippen molar-refractivity contribution in [3.8, 4) is 0 Å². The number of ether oxygens (including phenoxy) is 2. The first-order valence-electron chi connectivity index (χ1n) is 17.5. The molecule has 0 fully saturated rings. The highest BCUT2D eigenvalue weighted by atomic mass is 31.2. The molecule has 43 heavy (non-hydrogen) atoms. The van der Waals surface area contributed by atoms with Gasteiger partial charge in [-0.25, -0.2) is 0 Å². The second-order valence-electron chi connectivity index (χ2n) is 11.7. The Hall–Kier alpha value is -0.990. The largest absolute Gasteiger partial charge is 0.756 e. The maximum absolute atomic E-state index is 12.4. The van der Waals surface area contributed by atoms with Gasteiger partial charge in [0.2, 0.25) is 0 Å². The molecule has 0 bridgehead atoms. The zero-order valence-corrected chi connectivity index (χ0v) is 28.6. The lowest BCUT2D eigenvalue weighted by atomic mass is 10.1. The Kier molecular flexibility index (Phi) is 30.3. The summed E-state index contributed by atoms with van der Waals surface area (Å²) < 4.78 is 32.1. The van der Waals surface area contributed by atoms with Gasteiger partial charge in [-0.3, -0.25) is 14.2 Å². The smallest absolute Gasteiger partial charge is 0.306 e. The van der Waals surface area contributed by atoms with Gasteiger partial charge in [-0.2, -0.15) is 0 Å². The lowest BCUT2D eigenvalue weighted by molar-refractivity contribution is -0.228. The quantitative estimate of drug-likeness (QED) is 0.0429. The van der Waals surface area contributed by atoms with Gasteiger partial charge in [0.1, 0.15) is 6.61 Å². The molecule has 0 amide bonds. The monoisotopic (exact) mass is 634 g/mol. The highest BCUT2D eigenvalue weighted by Gasteiger charge is 2.21. The van der Waals surface area contributed by atoms with Crippen molar-refractivity contribution in [2.75, 3.05) is 26.4 Å². The number of phosphoric acid groups is 1. The lowest BCUT2D eigenvalue weighted by Gasteiger charge is -2.25. The maximum Gasteiger partial charge on any atom is 0.306 e. The van der Waals surface area contributed by atoms with Crippen molar-refractivity contribution in [2.24, 2.45) is 5.73 Å². The number of rotatable bonds is 33. The van der Waals surface area contributed by atoms with Crippen LogP contribution in [0.2, 0.25) is 0 Å². The fourth-order valence-electron chi connectivity index (χ4n) is 4.86. The second-order valence-corrected chi connectivity index (χ2v) is 13.1. The van der Waals surface area contributed by atoms with Crippen molar-refractivity contribution in [1.29, 1.82) is 0 Å². The molecule has 0 heterocycles. The number of nitrogens with two attached hydrogens (primary N) is 1. The highest BCUT2D eigenvalue weighted by molar-refractivity contribution is 7.45. The van der Waals surface area contributed by atoms with Crippen molar-refractivity contribution in [3.63, 3.8) is 0 Å². The third-order valence-corrected chi connectivity index (χ3v) is 8.45. The number of hydrogen-bond donors (Lipinski definition) is 1. The third-order valence-electron chi connectivity index (χ3n) is 7.48. The number of esters is 2. The summed E-state index contributed by atoms with van der Waals surface area (Å²) in [5, 5.41) is 0. The van der Waals surface area contributed by atoms with E-state index < -0.39 is 32.5 Å². The topological polar surface area (TPSA) is 137 Å². The lowest BCUT2D eigenvalue weighted by Crippen LogP contribution is -2.30. The number of carbonyl (C=O) groups is 2. The molecule has 0 aromatic heterocycles. The Balaban J connectivity index is 4.25. The van der Waals surface area contributed by atoms with E-state index in [-0.39, 0.29) is 32.6 Å². The zero-order valence-electron chi connectivity index (χ0n) is 27.7. The van der Waals surface area contributed by atoms with E-state index in [2.05, 4.69) is 18.4 Å². The average Bonchev–Trinajstić information content (AvgIpc) is 2.99. The van der Waals surface area contributed by atoms with Crippen LogP contribution in [-0.4, -0.2) is 44.4 Å². The van der Waals surface area contributed by atoms with E-state index in [0.717, 1.165) is 38.5 Å². The van der Waals surface area contributed by atoms with Gasteiger partial charge in [0.05, 0.1) is 13.2 Å². The van der Waals surface area contributed by atoms with Crippen LogP contribution in [0.4, 0.5) is 0 Å². The van der Waals surface area contributed by atoms with Gasteiger partial charge in [-0.1, -0.05) is 142 Å². The molecule has 0 aliphatic heterocycles. The van der Waals surface area contributed by atoms with Crippen molar-refractivity contribution in [3.05, 3.63) is 0 Å². The molecule has 0 aromatic carbocycles. The van der Waals surface area contributed by atoms with E-state index in [0.29, 0.717) is 6.42 Å². The van der Waals surface area contributed by atoms with E-state index >= 15 is 0 Å². The first kappa shape index (κ1) is 42.0. The third kappa shape index (κ3) is 30.8. The van der Waals surface area contributed by atoms with E-state index in [9.17, 15) is 19.0 Å². The van der Waals surface area contributed by atoms with Gasteiger partial charge in [-0.05, 0) is 12.8 Å². The summed E-state index contributed by atoms with van der Waals surface area (Å²) in [4.78, 5) is 36.6. The molecular formula is C33H65NO8P-. The molecule has 1 unspecified atom stereocenters. The Morgan fingerprint density at radius 3 is 1.42 bits per heavy atom. The van der Waals surface area contributed by atoms with E-state index in [1.54, 1.807) is 0 Å². The van der Waals surface area contributed by atoms with Crippen LogP contribution in [0.5, 0.6) is 0 Å². The molecule has 256 valence electrons. The summed E-state index contributed by atoms with van der Waals surface area (Å²) >= 11 is 0. The Bertz CT molecular complexity index is 694. The molecule has 2 atom stereocenters. The van der Waals surface area contributed by atoms with E-state index in [1.165, 1.54) is 96.3 Å². The molecule has 0 aliphatic carbocycles. The molecule has 0 saturated heterocycles. The SMILES string of the molecule is CCCCCCCCCCCCCC(=O)OC[C@H](COP(=O)([O-])OCCN)OC(=O)CCCCCCCCCCCCC. The molecule has 0 rings (SSSR count). The normalized spacial score (nSPS) is 13.5. The summed E-state index contributed by atoms with van der Waals surface area (Å²) in [6, 6.07) is 0. The minimum atomic E-state index is -4.60. The molecule has 10 heteroatoms. The van der Waals surface area contributed by atoms with E-state index in [1.807, 2.05) is 0 Å². The summed E-state index contributed by atoms with van der Waals surface area (Å²) in [6.45, 7) is 3.51. The van der Waals surface area contributed by atoms with Crippen LogP contribution in [0.1, 0.15) is 168 Å². The molecule has 0 spiro atoms. The minimum absolute atomic E-state index is 0.0175. The Morgan fingerprint density at radius 1 is 0.605 bits per heavy atom. The predicted molar refractivity (Wildman–Crippen MR) is 172 cm³/mol.